The molecule has 2 nitrogen and oxygen atoms in total. The van der Waals surface area contributed by atoms with E-state index in [-0.39, 0.29) is 0 Å². The van der Waals surface area contributed by atoms with Crippen molar-refractivity contribution in [1.82, 2.24) is 4.98 Å². The normalized spacial score (nSPS) is 23.4. The van der Waals surface area contributed by atoms with Crippen LogP contribution >= 0.6 is 0 Å². The van der Waals surface area contributed by atoms with Crippen LogP contribution in [-0.4, -0.2) is 11.0 Å². The van der Waals surface area contributed by atoms with Crippen LogP contribution in [0.4, 0.5) is 5.69 Å². The van der Waals surface area contributed by atoms with Crippen LogP contribution in [0.2, 0.25) is 0 Å². The average molecular weight is 240 g/mol. The molecule has 1 aromatic heterocycles. The second-order valence-corrected chi connectivity index (χ2v) is 5.25. The minimum Gasteiger partial charge on any atom is -0.381 e. The standard InChI is InChI=1S/C16H20N2/c1-2-12-5-3-7-15(12)18-16-8-4-6-13-9-10-17-11-14(13)16/h4,6,8-12,15,18H,2-3,5,7H2,1H3. The van der Waals surface area contributed by atoms with E-state index in [4.69, 9.17) is 0 Å². The van der Waals surface area contributed by atoms with Crippen molar-refractivity contribution in [1.29, 1.82) is 0 Å². The summed E-state index contributed by atoms with van der Waals surface area (Å²) in [7, 11) is 0. The predicted molar refractivity (Wildman–Crippen MR) is 76.8 cm³/mol. The first kappa shape index (κ1) is 11.5. The molecular weight excluding hydrogens is 220 g/mol. The number of hydrogen-bond donors (Lipinski definition) is 1. The van der Waals surface area contributed by atoms with Crippen LogP contribution in [0.25, 0.3) is 10.8 Å². The van der Waals surface area contributed by atoms with Gasteiger partial charge in [0.15, 0.2) is 0 Å². The molecule has 1 fully saturated rings. The average Bonchev–Trinajstić information content (AvgIpc) is 2.86. The van der Waals surface area contributed by atoms with Gasteiger partial charge >= 0.3 is 0 Å². The zero-order valence-corrected chi connectivity index (χ0v) is 10.9. The van der Waals surface area contributed by atoms with E-state index >= 15 is 0 Å². The van der Waals surface area contributed by atoms with E-state index in [0.29, 0.717) is 6.04 Å². The highest BCUT2D eigenvalue weighted by molar-refractivity contribution is 5.93. The van der Waals surface area contributed by atoms with E-state index in [2.05, 4.69) is 41.5 Å². The molecule has 0 aliphatic heterocycles. The molecule has 3 rings (SSSR count). The number of fused-ring (bicyclic) bond motifs is 1. The fraction of sp³-hybridized carbons (Fsp3) is 0.438. The highest BCUT2D eigenvalue weighted by Gasteiger charge is 2.25. The van der Waals surface area contributed by atoms with E-state index in [1.54, 1.807) is 0 Å². The maximum absolute atomic E-state index is 4.25. The van der Waals surface area contributed by atoms with Gasteiger partial charge in [-0.2, -0.15) is 0 Å². The van der Waals surface area contributed by atoms with Gasteiger partial charge in [-0.1, -0.05) is 31.9 Å². The SMILES string of the molecule is CCC1CCCC1Nc1cccc2ccncc12. The third-order valence-electron chi connectivity index (χ3n) is 4.21. The molecule has 1 N–H and O–H groups in total. The Morgan fingerprint density at radius 1 is 1.28 bits per heavy atom. The van der Waals surface area contributed by atoms with Gasteiger partial charge in [0.2, 0.25) is 0 Å². The van der Waals surface area contributed by atoms with Crippen LogP contribution in [0.5, 0.6) is 0 Å². The molecule has 94 valence electrons. The van der Waals surface area contributed by atoms with Crippen molar-refractivity contribution < 1.29 is 0 Å². The number of pyridine rings is 1. The molecule has 1 aliphatic rings. The number of aromatic nitrogens is 1. The Balaban J connectivity index is 1.90. The van der Waals surface area contributed by atoms with Gasteiger partial charge in [0.05, 0.1) is 0 Å². The quantitative estimate of drug-likeness (QED) is 0.868. The largest absolute Gasteiger partial charge is 0.381 e. The van der Waals surface area contributed by atoms with E-state index in [9.17, 15) is 0 Å². The van der Waals surface area contributed by atoms with Gasteiger partial charge in [-0.25, -0.2) is 0 Å². The van der Waals surface area contributed by atoms with Crippen molar-refractivity contribution in [3.05, 3.63) is 36.7 Å². The molecule has 0 bridgehead atoms. The highest BCUT2D eigenvalue weighted by Crippen LogP contribution is 2.32. The first-order valence-corrected chi connectivity index (χ1v) is 6.97. The first-order valence-electron chi connectivity index (χ1n) is 6.97. The molecule has 1 saturated carbocycles. The van der Waals surface area contributed by atoms with Crippen LogP contribution in [0, 0.1) is 5.92 Å². The number of benzene rings is 1. The topological polar surface area (TPSA) is 24.9 Å². The van der Waals surface area contributed by atoms with Crippen LogP contribution in [0.1, 0.15) is 32.6 Å². The van der Waals surface area contributed by atoms with Crippen LogP contribution < -0.4 is 5.32 Å². The molecule has 2 unspecified atom stereocenters. The Kier molecular flexibility index (Phi) is 3.18. The van der Waals surface area contributed by atoms with Gasteiger partial charge in [-0.05, 0) is 36.3 Å². The Bertz CT molecular complexity index is 530. The lowest BCUT2D eigenvalue weighted by molar-refractivity contribution is 0.489. The number of anilines is 1. The first-order chi connectivity index (χ1) is 8.88. The van der Waals surface area contributed by atoms with E-state index in [1.807, 2.05) is 12.4 Å². The smallest absolute Gasteiger partial charge is 0.0437 e. The zero-order chi connectivity index (χ0) is 12.4. The zero-order valence-electron chi connectivity index (χ0n) is 10.9. The van der Waals surface area contributed by atoms with E-state index in [1.165, 1.54) is 42.1 Å². The maximum Gasteiger partial charge on any atom is 0.0437 e. The molecule has 1 heterocycles. The summed E-state index contributed by atoms with van der Waals surface area (Å²) in [5.41, 5.74) is 1.24. The van der Waals surface area contributed by atoms with Gasteiger partial charge in [-0.15, -0.1) is 0 Å². The van der Waals surface area contributed by atoms with E-state index < -0.39 is 0 Å². The number of nitrogens with one attached hydrogen (secondary N) is 1. The molecule has 2 heteroatoms. The van der Waals surface area contributed by atoms with Crippen molar-refractivity contribution in [3.63, 3.8) is 0 Å². The molecular formula is C16H20N2. The van der Waals surface area contributed by atoms with Gasteiger partial charge < -0.3 is 5.32 Å². The summed E-state index contributed by atoms with van der Waals surface area (Å²) in [4.78, 5) is 4.25. The van der Waals surface area contributed by atoms with Crippen molar-refractivity contribution in [2.75, 3.05) is 5.32 Å². The third-order valence-corrected chi connectivity index (χ3v) is 4.21. The highest BCUT2D eigenvalue weighted by atomic mass is 14.9. The minimum absolute atomic E-state index is 0.640. The summed E-state index contributed by atoms with van der Waals surface area (Å²) in [6.07, 6.45) is 9.14. The molecule has 0 saturated heterocycles. The number of rotatable bonds is 3. The molecule has 1 aliphatic carbocycles. The lowest BCUT2D eigenvalue weighted by Gasteiger charge is -2.21. The van der Waals surface area contributed by atoms with Gasteiger partial charge in [-0.3, -0.25) is 4.98 Å². The summed E-state index contributed by atoms with van der Waals surface area (Å²) in [5.74, 6) is 0.830. The summed E-state index contributed by atoms with van der Waals surface area (Å²) >= 11 is 0. The molecule has 1 aromatic carbocycles. The Morgan fingerprint density at radius 3 is 3.11 bits per heavy atom. The lowest BCUT2D eigenvalue weighted by Crippen LogP contribution is -2.23. The minimum atomic E-state index is 0.640. The summed E-state index contributed by atoms with van der Waals surface area (Å²) in [5, 5.41) is 6.25. The Morgan fingerprint density at radius 2 is 2.22 bits per heavy atom. The number of hydrogen-bond acceptors (Lipinski definition) is 2. The fourth-order valence-corrected chi connectivity index (χ4v) is 3.15. The van der Waals surface area contributed by atoms with Crippen molar-refractivity contribution >= 4 is 16.5 Å². The Labute approximate surface area is 108 Å². The lowest BCUT2D eigenvalue weighted by atomic mass is 10.00. The van der Waals surface area contributed by atoms with Gasteiger partial charge in [0, 0.05) is 29.5 Å². The van der Waals surface area contributed by atoms with E-state index in [0.717, 1.165) is 5.92 Å². The predicted octanol–water partition coefficient (Wildman–Crippen LogP) is 4.23. The molecule has 2 atom stereocenters. The Hall–Kier alpha value is -1.57. The molecule has 0 amide bonds. The number of nitrogens with zero attached hydrogens (tertiary/aromatic N) is 1. The third kappa shape index (κ3) is 2.07. The summed E-state index contributed by atoms with van der Waals surface area (Å²) in [6.45, 7) is 2.30. The summed E-state index contributed by atoms with van der Waals surface area (Å²) in [6, 6.07) is 9.16. The second kappa shape index (κ2) is 4.97. The maximum atomic E-state index is 4.25. The fourth-order valence-electron chi connectivity index (χ4n) is 3.15. The van der Waals surface area contributed by atoms with Gasteiger partial charge in [0.25, 0.3) is 0 Å². The molecule has 18 heavy (non-hydrogen) atoms. The molecule has 0 radical (unpaired) electrons. The monoisotopic (exact) mass is 240 g/mol. The van der Waals surface area contributed by atoms with Crippen LogP contribution in [0.3, 0.4) is 0 Å². The second-order valence-electron chi connectivity index (χ2n) is 5.25. The van der Waals surface area contributed by atoms with Crippen molar-refractivity contribution in [2.24, 2.45) is 5.92 Å². The van der Waals surface area contributed by atoms with Gasteiger partial charge in [0.1, 0.15) is 0 Å². The molecule has 0 spiro atoms. The van der Waals surface area contributed by atoms with Crippen molar-refractivity contribution in [3.8, 4) is 0 Å². The van der Waals surface area contributed by atoms with Crippen LogP contribution in [0.15, 0.2) is 36.7 Å². The molecule has 2 aromatic rings. The van der Waals surface area contributed by atoms with Crippen molar-refractivity contribution in [2.45, 2.75) is 38.6 Å². The van der Waals surface area contributed by atoms with Crippen LogP contribution in [-0.2, 0) is 0 Å². The summed E-state index contributed by atoms with van der Waals surface area (Å²) < 4.78 is 0.